The van der Waals surface area contributed by atoms with E-state index in [0.29, 0.717) is 13.0 Å². The Bertz CT molecular complexity index is 810. The zero-order valence-corrected chi connectivity index (χ0v) is 16.5. The van der Waals surface area contributed by atoms with Crippen molar-refractivity contribution >= 4 is 12.0 Å². The fraction of sp³-hybridized carbons (Fsp3) is 0.476. The summed E-state index contributed by atoms with van der Waals surface area (Å²) in [5, 5.41) is 16.1. The van der Waals surface area contributed by atoms with Gasteiger partial charge in [0.25, 0.3) is 0 Å². The number of amides is 2. The molecule has 4 rings (SSSR count). The average Bonchev–Trinajstić information content (AvgIpc) is 3.07. The highest BCUT2D eigenvalue weighted by Gasteiger charge is 2.31. The number of hydrogen-bond donors (Lipinski definition) is 3. The topological polar surface area (TPSA) is 93.6 Å². The van der Waals surface area contributed by atoms with Gasteiger partial charge in [-0.25, -0.2) is 14.8 Å². The molecule has 2 heterocycles. The maximum atomic E-state index is 12.2. The van der Waals surface area contributed by atoms with Crippen molar-refractivity contribution in [2.45, 2.75) is 25.0 Å². The third-order valence-electron chi connectivity index (χ3n) is 5.63. The van der Waals surface area contributed by atoms with E-state index in [9.17, 15) is 9.90 Å². The molecular weight excluding hydrogens is 368 g/mol. The summed E-state index contributed by atoms with van der Waals surface area (Å²) in [6.45, 7) is 5.32. The van der Waals surface area contributed by atoms with Crippen molar-refractivity contribution < 1.29 is 9.90 Å². The van der Waals surface area contributed by atoms with Gasteiger partial charge in [-0.15, -0.1) is 0 Å². The van der Waals surface area contributed by atoms with Gasteiger partial charge in [0, 0.05) is 51.5 Å². The predicted molar refractivity (Wildman–Crippen MR) is 111 cm³/mol. The molecule has 2 aliphatic rings. The van der Waals surface area contributed by atoms with Crippen molar-refractivity contribution in [1.82, 2.24) is 25.5 Å². The number of piperazine rings is 1. The lowest BCUT2D eigenvalue weighted by molar-refractivity contribution is 0.142. The van der Waals surface area contributed by atoms with Gasteiger partial charge in [0.1, 0.15) is 0 Å². The van der Waals surface area contributed by atoms with E-state index in [1.54, 1.807) is 12.4 Å². The molecule has 8 heteroatoms. The number of carbonyl (C=O) groups excluding carboxylic acids is 1. The first-order valence-corrected chi connectivity index (χ1v) is 10.3. The third-order valence-corrected chi connectivity index (χ3v) is 5.63. The third kappa shape index (κ3) is 4.83. The number of nitrogens with one attached hydrogen (secondary N) is 2. The molecule has 3 N–H and O–H groups in total. The van der Waals surface area contributed by atoms with Gasteiger partial charge in [0.2, 0.25) is 5.95 Å². The number of urea groups is 1. The molecule has 1 aliphatic heterocycles. The lowest BCUT2D eigenvalue weighted by atomic mass is 10.1. The second-order valence-electron chi connectivity index (χ2n) is 7.58. The van der Waals surface area contributed by atoms with Crippen molar-refractivity contribution in [3.05, 3.63) is 53.9 Å². The Morgan fingerprint density at radius 3 is 2.66 bits per heavy atom. The molecule has 1 saturated heterocycles. The summed E-state index contributed by atoms with van der Waals surface area (Å²) in [4.78, 5) is 25.5. The minimum absolute atomic E-state index is 0.225. The number of rotatable bonds is 6. The Morgan fingerprint density at radius 1 is 1.10 bits per heavy atom. The molecule has 0 saturated carbocycles. The summed E-state index contributed by atoms with van der Waals surface area (Å²) in [7, 11) is 0. The highest BCUT2D eigenvalue weighted by atomic mass is 16.3. The fourth-order valence-electron chi connectivity index (χ4n) is 4.07. The van der Waals surface area contributed by atoms with Gasteiger partial charge in [0.05, 0.1) is 12.1 Å². The van der Waals surface area contributed by atoms with E-state index in [-0.39, 0.29) is 12.1 Å². The first kappa shape index (κ1) is 19.6. The summed E-state index contributed by atoms with van der Waals surface area (Å²) in [6.07, 6.45) is 4.45. The zero-order valence-electron chi connectivity index (χ0n) is 16.5. The quantitative estimate of drug-likeness (QED) is 0.630. The molecule has 8 nitrogen and oxygen atoms in total. The molecule has 1 aromatic heterocycles. The van der Waals surface area contributed by atoms with Crippen molar-refractivity contribution in [3.8, 4) is 0 Å². The molecule has 1 aromatic carbocycles. The van der Waals surface area contributed by atoms with E-state index >= 15 is 0 Å². The van der Waals surface area contributed by atoms with Gasteiger partial charge < -0.3 is 20.6 Å². The fourth-order valence-corrected chi connectivity index (χ4v) is 4.07. The average molecular weight is 396 g/mol. The number of hydrogen-bond acceptors (Lipinski definition) is 6. The van der Waals surface area contributed by atoms with E-state index in [2.05, 4.69) is 30.4 Å². The molecular formula is C21H28N6O2. The molecule has 0 unspecified atom stereocenters. The molecule has 2 amide bonds. The minimum atomic E-state index is -0.567. The number of fused-ring (bicyclic) bond motifs is 1. The van der Waals surface area contributed by atoms with E-state index in [1.165, 1.54) is 0 Å². The standard InChI is InChI=1S/C21H28N6O2/c28-18-15-16-5-1-2-6-17(16)19(18)25-21(29)24-9-4-10-26-11-13-27(14-12-26)20-22-7-3-8-23-20/h1-3,5-8,18-19,28H,4,9-15H2,(H2,24,25,29)/t18-,19+/m0/s1. The number of anilines is 1. The summed E-state index contributed by atoms with van der Waals surface area (Å²) in [5.41, 5.74) is 2.11. The molecule has 0 radical (unpaired) electrons. The molecule has 0 spiro atoms. The largest absolute Gasteiger partial charge is 0.390 e. The number of carbonyl (C=O) groups is 1. The maximum Gasteiger partial charge on any atom is 0.315 e. The van der Waals surface area contributed by atoms with E-state index in [4.69, 9.17) is 0 Å². The van der Waals surface area contributed by atoms with E-state index in [0.717, 1.165) is 56.2 Å². The second-order valence-corrected chi connectivity index (χ2v) is 7.58. The van der Waals surface area contributed by atoms with Crippen LogP contribution in [0.1, 0.15) is 23.6 Å². The smallest absolute Gasteiger partial charge is 0.315 e. The molecule has 2 aromatic rings. The van der Waals surface area contributed by atoms with Crippen LogP contribution in [0.2, 0.25) is 0 Å². The summed E-state index contributed by atoms with van der Waals surface area (Å²) < 4.78 is 0. The van der Waals surface area contributed by atoms with Crippen LogP contribution in [0.5, 0.6) is 0 Å². The molecule has 29 heavy (non-hydrogen) atoms. The SMILES string of the molecule is O=C(NCCCN1CCN(c2ncccn2)CC1)N[C@@H]1c2ccccc2C[C@@H]1O. The Balaban J connectivity index is 1.14. The lowest BCUT2D eigenvalue weighted by Crippen LogP contribution is -2.47. The van der Waals surface area contributed by atoms with Crippen LogP contribution in [0.25, 0.3) is 0 Å². The van der Waals surface area contributed by atoms with Gasteiger partial charge >= 0.3 is 6.03 Å². The van der Waals surface area contributed by atoms with Crippen LogP contribution in [-0.2, 0) is 6.42 Å². The Labute approximate surface area is 171 Å². The number of aliphatic hydroxyl groups is 1. The van der Waals surface area contributed by atoms with Crippen molar-refractivity contribution in [2.24, 2.45) is 0 Å². The lowest BCUT2D eigenvalue weighted by Gasteiger charge is -2.34. The molecule has 1 fully saturated rings. The van der Waals surface area contributed by atoms with Crippen LogP contribution in [0, 0.1) is 0 Å². The maximum absolute atomic E-state index is 12.2. The van der Waals surface area contributed by atoms with Crippen molar-refractivity contribution in [2.75, 3.05) is 44.2 Å². The summed E-state index contributed by atoms with van der Waals surface area (Å²) >= 11 is 0. The van der Waals surface area contributed by atoms with Crippen LogP contribution < -0.4 is 15.5 Å². The predicted octanol–water partition coefficient (Wildman–Crippen LogP) is 0.946. The summed E-state index contributed by atoms with van der Waals surface area (Å²) in [6, 6.07) is 9.14. The van der Waals surface area contributed by atoms with Gasteiger partial charge in [-0.3, -0.25) is 4.90 Å². The van der Waals surface area contributed by atoms with Gasteiger partial charge in [0.15, 0.2) is 0 Å². The van der Waals surface area contributed by atoms with E-state index in [1.807, 2.05) is 30.3 Å². The highest BCUT2D eigenvalue weighted by molar-refractivity contribution is 5.74. The number of nitrogens with zero attached hydrogens (tertiary/aromatic N) is 4. The number of benzene rings is 1. The molecule has 0 bridgehead atoms. The monoisotopic (exact) mass is 396 g/mol. The Hall–Kier alpha value is -2.71. The molecule has 1 aliphatic carbocycles. The minimum Gasteiger partial charge on any atom is -0.390 e. The molecule has 2 atom stereocenters. The zero-order chi connectivity index (χ0) is 20.1. The van der Waals surface area contributed by atoms with Crippen LogP contribution in [0.4, 0.5) is 10.7 Å². The first-order chi connectivity index (χ1) is 14.2. The number of aromatic nitrogens is 2. The highest BCUT2D eigenvalue weighted by Crippen LogP contribution is 2.30. The van der Waals surface area contributed by atoms with Crippen LogP contribution in [-0.4, -0.2) is 71.4 Å². The summed E-state index contributed by atoms with van der Waals surface area (Å²) in [5.74, 6) is 0.793. The normalized spacial score (nSPS) is 21.6. The Kier molecular flexibility index (Phi) is 6.21. The molecule has 154 valence electrons. The Morgan fingerprint density at radius 2 is 1.86 bits per heavy atom. The van der Waals surface area contributed by atoms with Gasteiger partial charge in [-0.05, 0) is 30.2 Å². The van der Waals surface area contributed by atoms with Gasteiger partial charge in [-0.2, -0.15) is 0 Å². The first-order valence-electron chi connectivity index (χ1n) is 10.3. The van der Waals surface area contributed by atoms with E-state index < -0.39 is 6.10 Å². The van der Waals surface area contributed by atoms with Crippen LogP contribution in [0.15, 0.2) is 42.7 Å². The van der Waals surface area contributed by atoms with Crippen LogP contribution in [0.3, 0.4) is 0 Å². The van der Waals surface area contributed by atoms with Crippen molar-refractivity contribution in [3.63, 3.8) is 0 Å². The van der Waals surface area contributed by atoms with Gasteiger partial charge in [-0.1, -0.05) is 24.3 Å². The second kappa shape index (κ2) is 9.19. The van der Waals surface area contributed by atoms with Crippen LogP contribution >= 0.6 is 0 Å². The number of aliphatic hydroxyl groups excluding tert-OH is 1. The van der Waals surface area contributed by atoms with Crippen molar-refractivity contribution in [1.29, 1.82) is 0 Å².